The molecule has 0 N–H and O–H groups in total. The zero-order valence-electron chi connectivity index (χ0n) is 35.9. The van der Waals surface area contributed by atoms with Gasteiger partial charge in [-0.2, -0.15) is 4.68 Å². The molecule has 7 nitrogen and oxygen atoms in total. The molecule has 7 heteroatoms. The Labute approximate surface area is 352 Å². The van der Waals surface area contributed by atoms with Gasteiger partial charge < -0.3 is 4.74 Å². The number of hydrogen-bond donors (Lipinski definition) is 0. The van der Waals surface area contributed by atoms with Gasteiger partial charge in [-0.1, -0.05) is 120 Å². The van der Waals surface area contributed by atoms with Gasteiger partial charge in [-0.3, -0.25) is 14.1 Å². The van der Waals surface area contributed by atoms with Crippen molar-refractivity contribution in [2.45, 2.75) is 73.1 Å². The molecule has 0 unspecified atom stereocenters. The van der Waals surface area contributed by atoms with E-state index in [1.54, 1.807) is 0 Å². The highest BCUT2D eigenvalue weighted by atomic mass is 16.5. The van der Waals surface area contributed by atoms with Crippen molar-refractivity contribution in [2.75, 3.05) is 0 Å². The molecule has 9 rings (SSSR count). The zero-order valence-corrected chi connectivity index (χ0v) is 35.9. The van der Waals surface area contributed by atoms with E-state index in [-0.39, 0.29) is 10.8 Å². The molecule has 298 valence electrons. The van der Waals surface area contributed by atoms with Crippen LogP contribution in [0.3, 0.4) is 0 Å². The van der Waals surface area contributed by atoms with E-state index in [1.807, 2.05) is 70.2 Å². The van der Waals surface area contributed by atoms with E-state index < -0.39 is 0 Å². The fraction of sp³-hybridized carbons (Fsp3) is 0.208. The standard InChI is InChI=1S/C53H50N6O/c1-34-25-35(2)49(36(3)26-34)38-22-24-54-48(27-38)59-46-19-14-23-55-50(46)45-21-20-44(32-47(45)59)60-43-18-13-17-41(31-43)57-33-58(56-51(57)37-15-11-10-12-16-37)42-29-39(52(4,5)6)28-40(30-42)53(7,8)9/h10-32H,1-9H3. The maximum atomic E-state index is 6.71. The van der Waals surface area contributed by atoms with Crippen LogP contribution in [-0.4, -0.2) is 24.2 Å². The largest absolute Gasteiger partial charge is 0.458 e. The summed E-state index contributed by atoms with van der Waals surface area (Å²) in [6, 6.07) is 44.2. The van der Waals surface area contributed by atoms with Crippen LogP contribution in [0.25, 0.3) is 61.6 Å². The highest BCUT2D eigenvalue weighted by molar-refractivity contribution is 6.07. The number of fused-ring (bicyclic) bond motifs is 3. The van der Waals surface area contributed by atoms with Crippen LogP contribution in [-0.2, 0) is 10.8 Å². The van der Waals surface area contributed by atoms with Crippen molar-refractivity contribution in [1.82, 2.24) is 24.2 Å². The number of benzene rings is 5. The third-order valence-corrected chi connectivity index (χ3v) is 11.3. The molecule has 4 heterocycles. The molecule has 0 radical (unpaired) electrons. The van der Waals surface area contributed by atoms with Crippen LogP contribution >= 0.6 is 0 Å². The minimum absolute atomic E-state index is 0.0405. The SMILES string of the molecule is Cc1cc(C)c(-c2ccnc(-n3c4cc(Oc5cccc(-n6[c-][n+](-c7cc(C(C)(C)C)cc(C(C)(C)C)c7)nc6-c6ccccc6)c5)ccc4c4ncccc43)c2)c(C)c1. The van der Waals surface area contributed by atoms with Gasteiger partial charge in [-0.05, 0) is 114 Å². The lowest BCUT2D eigenvalue weighted by Gasteiger charge is -2.26. The number of nitrogens with zero attached hydrogens (tertiary/aromatic N) is 6. The van der Waals surface area contributed by atoms with Crippen LogP contribution < -0.4 is 9.42 Å². The summed E-state index contributed by atoms with van der Waals surface area (Å²) in [5, 5.41) is 6.21. The van der Waals surface area contributed by atoms with Crippen LogP contribution in [0, 0.1) is 27.1 Å². The second-order valence-corrected chi connectivity index (χ2v) is 18.0. The number of ether oxygens (including phenoxy) is 1. The summed E-state index contributed by atoms with van der Waals surface area (Å²) in [5.74, 6) is 2.98. The predicted molar refractivity (Wildman–Crippen MR) is 243 cm³/mol. The van der Waals surface area contributed by atoms with Crippen molar-refractivity contribution in [3.63, 3.8) is 0 Å². The van der Waals surface area contributed by atoms with Gasteiger partial charge in [0, 0.05) is 29.4 Å². The van der Waals surface area contributed by atoms with E-state index in [0.29, 0.717) is 11.5 Å². The van der Waals surface area contributed by atoms with Crippen LogP contribution in [0.1, 0.15) is 69.4 Å². The Hall–Kier alpha value is -6.86. The number of pyridine rings is 2. The van der Waals surface area contributed by atoms with Crippen LogP contribution in [0.4, 0.5) is 0 Å². The molecule has 5 aromatic carbocycles. The molecular formula is C53H50N6O. The first-order valence-electron chi connectivity index (χ1n) is 20.6. The number of aryl methyl sites for hydroxylation is 3. The van der Waals surface area contributed by atoms with Crippen molar-refractivity contribution >= 4 is 21.9 Å². The lowest BCUT2D eigenvalue weighted by Crippen LogP contribution is -2.34. The molecule has 0 fully saturated rings. The second kappa shape index (κ2) is 14.8. The summed E-state index contributed by atoms with van der Waals surface area (Å²) in [5.41, 5.74) is 14.2. The highest BCUT2D eigenvalue weighted by Gasteiger charge is 2.23. The summed E-state index contributed by atoms with van der Waals surface area (Å²) in [7, 11) is 0. The van der Waals surface area contributed by atoms with Crippen LogP contribution in [0.2, 0.25) is 0 Å². The molecular weight excluding hydrogens is 737 g/mol. The first kappa shape index (κ1) is 38.6. The molecule has 0 amide bonds. The van der Waals surface area contributed by atoms with Gasteiger partial charge in [-0.15, -0.1) is 5.10 Å². The Morgan fingerprint density at radius 3 is 2.03 bits per heavy atom. The molecule has 0 aliphatic heterocycles. The predicted octanol–water partition coefficient (Wildman–Crippen LogP) is 12.5. The highest BCUT2D eigenvalue weighted by Crippen LogP contribution is 2.37. The quantitative estimate of drug-likeness (QED) is 0.119. The Morgan fingerprint density at radius 1 is 0.600 bits per heavy atom. The van der Waals surface area contributed by atoms with E-state index in [2.05, 4.69) is 152 Å². The topological polar surface area (TPSA) is 61.6 Å². The lowest BCUT2D eigenvalue weighted by atomic mass is 9.80. The number of rotatable bonds is 7. The van der Waals surface area contributed by atoms with Crippen molar-refractivity contribution in [1.29, 1.82) is 0 Å². The average molecular weight is 787 g/mol. The van der Waals surface area contributed by atoms with Crippen molar-refractivity contribution < 1.29 is 9.42 Å². The van der Waals surface area contributed by atoms with Crippen LogP contribution in [0.15, 0.2) is 140 Å². The van der Waals surface area contributed by atoms with Gasteiger partial charge in [0.25, 0.3) is 6.33 Å². The van der Waals surface area contributed by atoms with Crippen molar-refractivity contribution in [3.05, 3.63) is 174 Å². The minimum atomic E-state index is -0.0405. The van der Waals surface area contributed by atoms with Gasteiger partial charge >= 0.3 is 0 Å². The molecule has 0 saturated heterocycles. The summed E-state index contributed by atoms with van der Waals surface area (Å²) in [6.45, 7) is 20.0. The first-order chi connectivity index (χ1) is 28.7. The van der Waals surface area contributed by atoms with Gasteiger partial charge in [0.2, 0.25) is 0 Å². The first-order valence-corrected chi connectivity index (χ1v) is 20.6. The monoisotopic (exact) mass is 786 g/mol. The minimum Gasteiger partial charge on any atom is -0.458 e. The smallest absolute Gasteiger partial charge is 0.273 e. The molecule has 9 aromatic rings. The molecule has 0 aliphatic rings. The second-order valence-electron chi connectivity index (χ2n) is 18.0. The summed E-state index contributed by atoms with van der Waals surface area (Å²) < 4.78 is 12.8. The third kappa shape index (κ3) is 7.25. The van der Waals surface area contributed by atoms with Crippen molar-refractivity contribution in [2.24, 2.45) is 0 Å². The summed E-state index contributed by atoms with van der Waals surface area (Å²) >= 11 is 0. The molecule has 0 aliphatic carbocycles. The fourth-order valence-corrected chi connectivity index (χ4v) is 8.25. The van der Waals surface area contributed by atoms with E-state index in [4.69, 9.17) is 19.8 Å². The van der Waals surface area contributed by atoms with E-state index >= 15 is 0 Å². The zero-order chi connectivity index (χ0) is 41.9. The Morgan fingerprint density at radius 2 is 1.32 bits per heavy atom. The van der Waals surface area contributed by atoms with Crippen LogP contribution in [0.5, 0.6) is 11.5 Å². The maximum Gasteiger partial charge on any atom is 0.273 e. The normalized spacial score (nSPS) is 12.1. The molecule has 0 atom stereocenters. The maximum absolute atomic E-state index is 6.71. The Kier molecular flexibility index (Phi) is 9.50. The Bertz CT molecular complexity index is 3010. The van der Waals surface area contributed by atoms with Gasteiger partial charge in [0.15, 0.2) is 5.82 Å². The van der Waals surface area contributed by atoms with E-state index in [1.165, 1.54) is 33.4 Å². The molecule has 0 spiro atoms. The summed E-state index contributed by atoms with van der Waals surface area (Å²) in [4.78, 5) is 9.73. The van der Waals surface area contributed by atoms with Gasteiger partial charge in [0.1, 0.15) is 17.3 Å². The third-order valence-electron chi connectivity index (χ3n) is 11.3. The van der Waals surface area contributed by atoms with Gasteiger partial charge in [0.05, 0.1) is 27.9 Å². The molecule has 0 saturated carbocycles. The van der Waals surface area contributed by atoms with E-state index in [9.17, 15) is 0 Å². The average Bonchev–Trinajstić information content (AvgIpc) is 3.81. The van der Waals surface area contributed by atoms with Crippen molar-refractivity contribution in [3.8, 4) is 51.2 Å². The summed E-state index contributed by atoms with van der Waals surface area (Å²) in [6.07, 6.45) is 7.34. The fourth-order valence-electron chi connectivity index (χ4n) is 8.25. The molecule has 4 aromatic heterocycles. The Balaban J connectivity index is 1.13. The molecule has 0 bridgehead atoms. The lowest BCUT2D eigenvalue weighted by molar-refractivity contribution is -0.660. The number of hydrogen-bond acceptors (Lipinski definition) is 4. The van der Waals surface area contributed by atoms with E-state index in [0.717, 1.165) is 56.1 Å². The van der Waals surface area contributed by atoms with Gasteiger partial charge in [-0.25, -0.2) is 4.98 Å². The molecule has 60 heavy (non-hydrogen) atoms. The number of aromatic nitrogens is 6.